The molecular formula is C17H24N4O2S. The lowest BCUT2D eigenvalue weighted by Crippen LogP contribution is -2.14. The third-order valence-corrected chi connectivity index (χ3v) is 4.65. The summed E-state index contributed by atoms with van der Waals surface area (Å²) in [5, 5.41) is 8.89. The zero-order chi connectivity index (χ0) is 17.9. The maximum atomic E-state index is 10.9. The average Bonchev–Trinajstić information content (AvgIpc) is 2.86. The van der Waals surface area contributed by atoms with Crippen molar-refractivity contribution in [3.63, 3.8) is 0 Å². The van der Waals surface area contributed by atoms with Crippen LogP contribution in [0.1, 0.15) is 45.2 Å². The summed E-state index contributed by atoms with van der Waals surface area (Å²) in [5.41, 5.74) is 6.53. The van der Waals surface area contributed by atoms with Crippen LogP contribution in [-0.2, 0) is 17.3 Å². The standard InChI is InChI=1S/C17H24N4O2S/c1-11(15-19-20-16(21(15)5)24-10-14(18)22)23-13-8-6-12(7-9-13)17(2,3)4/h6-9,11H,10H2,1-5H3,(H2,18,22)/t11-/m0/s1. The van der Waals surface area contributed by atoms with Gasteiger partial charge in [0.2, 0.25) is 5.91 Å². The van der Waals surface area contributed by atoms with E-state index < -0.39 is 0 Å². The first-order chi connectivity index (χ1) is 11.2. The molecule has 1 heterocycles. The van der Waals surface area contributed by atoms with E-state index in [0.29, 0.717) is 11.0 Å². The molecule has 1 aromatic carbocycles. The Balaban J connectivity index is 2.07. The van der Waals surface area contributed by atoms with Gasteiger partial charge in [0.1, 0.15) is 5.75 Å². The van der Waals surface area contributed by atoms with Crippen molar-refractivity contribution >= 4 is 17.7 Å². The quantitative estimate of drug-likeness (QED) is 0.812. The van der Waals surface area contributed by atoms with Crippen LogP contribution in [0.25, 0.3) is 0 Å². The highest BCUT2D eigenvalue weighted by Gasteiger charge is 2.18. The van der Waals surface area contributed by atoms with Crippen LogP contribution in [0, 0.1) is 0 Å². The summed E-state index contributed by atoms with van der Waals surface area (Å²) in [6.07, 6.45) is -0.258. The molecule has 0 saturated heterocycles. The van der Waals surface area contributed by atoms with Crippen LogP contribution in [0.3, 0.4) is 0 Å². The number of nitrogens with two attached hydrogens (primary N) is 1. The van der Waals surface area contributed by atoms with Crippen LogP contribution in [0.4, 0.5) is 0 Å². The molecule has 0 fully saturated rings. The van der Waals surface area contributed by atoms with Gasteiger partial charge in [0.05, 0.1) is 5.75 Å². The van der Waals surface area contributed by atoms with Gasteiger partial charge in [0.15, 0.2) is 17.1 Å². The molecule has 0 aliphatic carbocycles. The Kier molecular flexibility index (Phi) is 5.54. The molecule has 2 N–H and O–H groups in total. The summed E-state index contributed by atoms with van der Waals surface area (Å²) in [6.45, 7) is 8.45. The van der Waals surface area contributed by atoms with Crippen LogP contribution < -0.4 is 10.5 Å². The van der Waals surface area contributed by atoms with Crippen molar-refractivity contribution in [1.29, 1.82) is 0 Å². The highest BCUT2D eigenvalue weighted by Crippen LogP contribution is 2.27. The lowest BCUT2D eigenvalue weighted by atomic mass is 9.87. The van der Waals surface area contributed by atoms with Crippen molar-refractivity contribution in [2.24, 2.45) is 12.8 Å². The third-order valence-electron chi connectivity index (χ3n) is 3.61. The zero-order valence-electron chi connectivity index (χ0n) is 14.7. The maximum Gasteiger partial charge on any atom is 0.227 e. The van der Waals surface area contributed by atoms with Gasteiger partial charge in [0.25, 0.3) is 0 Å². The fourth-order valence-corrected chi connectivity index (χ4v) is 2.89. The number of hydrogen-bond acceptors (Lipinski definition) is 5. The second kappa shape index (κ2) is 7.25. The van der Waals surface area contributed by atoms with Crippen LogP contribution in [0.2, 0.25) is 0 Å². The number of thioether (sulfide) groups is 1. The first-order valence-electron chi connectivity index (χ1n) is 7.76. The van der Waals surface area contributed by atoms with Gasteiger partial charge >= 0.3 is 0 Å². The number of aromatic nitrogens is 3. The predicted molar refractivity (Wildman–Crippen MR) is 95.1 cm³/mol. The third kappa shape index (κ3) is 4.50. The Morgan fingerprint density at radius 3 is 2.46 bits per heavy atom. The summed E-state index contributed by atoms with van der Waals surface area (Å²) >= 11 is 1.26. The minimum atomic E-state index is -0.382. The number of amides is 1. The molecule has 24 heavy (non-hydrogen) atoms. The van der Waals surface area contributed by atoms with Crippen molar-refractivity contribution in [3.05, 3.63) is 35.7 Å². The number of benzene rings is 1. The molecular weight excluding hydrogens is 324 g/mol. The molecule has 0 bridgehead atoms. The fraction of sp³-hybridized carbons (Fsp3) is 0.471. The number of carbonyl (C=O) groups is 1. The minimum absolute atomic E-state index is 0.111. The molecule has 1 atom stereocenters. The van der Waals surface area contributed by atoms with E-state index in [1.807, 2.05) is 30.7 Å². The second-order valence-electron chi connectivity index (χ2n) is 6.69. The highest BCUT2D eigenvalue weighted by molar-refractivity contribution is 7.99. The molecule has 0 aliphatic rings. The maximum absolute atomic E-state index is 10.9. The zero-order valence-corrected chi connectivity index (χ0v) is 15.6. The first-order valence-corrected chi connectivity index (χ1v) is 8.74. The second-order valence-corrected chi connectivity index (χ2v) is 7.63. The van der Waals surface area contributed by atoms with Gasteiger partial charge in [-0.2, -0.15) is 0 Å². The van der Waals surface area contributed by atoms with Gasteiger partial charge in [-0.3, -0.25) is 4.79 Å². The number of carbonyl (C=O) groups excluding carboxylic acids is 1. The van der Waals surface area contributed by atoms with E-state index in [9.17, 15) is 4.79 Å². The number of hydrogen-bond donors (Lipinski definition) is 1. The van der Waals surface area contributed by atoms with Crippen molar-refractivity contribution in [2.45, 2.75) is 44.4 Å². The summed E-state index contributed by atoms with van der Waals surface area (Å²) < 4.78 is 7.78. The molecule has 7 heteroatoms. The monoisotopic (exact) mass is 348 g/mol. The minimum Gasteiger partial charge on any atom is -0.483 e. The summed E-state index contributed by atoms with van der Waals surface area (Å²) in [7, 11) is 1.85. The lowest BCUT2D eigenvalue weighted by Gasteiger charge is -2.20. The van der Waals surface area contributed by atoms with Gasteiger partial charge in [-0.15, -0.1) is 10.2 Å². The van der Waals surface area contributed by atoms with Gasteiger partial charge in [0, 0.05) is 7.05 Å². The SMILES string of the molecule is C[C@H](Oc1ccc(C(C)(C)C)cc1)c1nnc(SCC(N)=O)n1C. The molecule has 1 aromatic heterocycles. The van der Waals surface area contributed by atoms with E-state index in [-0.39, 0.29) is 23.2 Å². The van der Waals surface area contributed by atoms with E-state index in [1.54, 1.807) is 0 Å². The molecule has 2 aromatic rings. The smallest absolute Gasteiger partial charge is 0.227 e. The van der Waals surface area contributed by atoms with Gasteiger partial charge < -0.3 is 15.0 Å². The summed E-state index contributed by atoms with van der Waals surface area (Å²) in [5.74, 6) is 1.27. The fourth-order valence-electron chi connectivity index (χ4n) is 2.23. The molecule has 0 unspecified atom stereocenters. The predicted octanol–water partition coefficient (Wildman–Crippen LogP) is 2.83. The van der Waals surface area contributed by atoms with Gasteiger partial charge in [-0.05, 0) is 30.0 Å². The average molecular weight is 348 g/mol. The molecule has 0 aliphatic heterocycles. The van der Waals surface area contributed by atoms with Crippen LogP contribution in [0.5, 0.6) is 5.75 Å². The number of primary amides is 1. The summed E-state index contributed by atoms with van der Waals surface area (Å²) in [6, 6.07) is 8.09. The van der Waals surface area contributed by atoms with Gasteiger partial charge in [-0.1, -0.05) is 44.7 Å². The number of nitrogens with zero attached hydrogens (tertiary/aromatic N) is 3. The van der Waals surface area contributed by atoms with Gasteiger partial charge in [-0.25, -0.2) is 0 Å². The molecule has 130 valence electrons. The van der Waals surface area contributed by atoms with E-state index in [4.69, 9.17) is 10.5 Å². The summed E-state index contributed by atoms with van der Waals surface area (Å²) in [4.78, 5) is 10.9. The van der Waals surface area contributed by atoms with E-state index in [2.05, 4.69) is 43.1 Å². The Morgan fingerprint density at radius 2 is 1.92 bits per heavy atom. The first kappa shape index (κ1) is 18.3. The van der Waals surface area contributed by atoms with Crippen molar-refractivity contribution in [2.75, 3.05) is 5.75 Å². The molecule has 0 spiro atoms. The lowest BCUT2D eigenvalue weighted by molar-refractivity contribution is -0.115. The molecule has 1 amide bonds. The Bertz CT molecular complexity index is 704. The Labute approximate surface area is 146 Å². The molecule has 0 saturated carbocycles. The van der Waals surface area contributed by atoms with Crippen LogP contribution >= 0.6 is 11.8 Å². The topological polar surface area (TPSA) is 83.0 Å². The number of rotatable bonds is 6. The Morgan fingerprint density at radius 1 is 1.29 bits per heavy atom. The van der Waals surface area contributed by atoms with E-state index in [1.165, 1.54) is 17.3 Å². The van der Waals surface area contributed by atoms with E-state index >= 15 is 0 Å². The van der Waals surface area contributed by atoms with E-state index in [0.717, 1.165) is 5.75 Å². The number of ether oxygens (including phenoxy) is 1. The Hall–Kier alpha value is -2.02. The largest absolute Gasteiger partial charge is 0.483 e. The van der Waals surface area contributed by atoms with Crippen LogP contribution in [-0.4, -0.2) is 26.4 Å². The molecule has 0 radical (unpaired) electrons. The van der Waals surface area contributed by atoms with Crippen molar-refractivity contribution in [1.82, 2.24) is 14.8 Å². The van der Waals surface area contributed by atoms with Crippen molar-refractivity contribution < 1.29 is 9.53 Å². The molecule has 2 rings (SSSR count). The van der Waals surface area contributed by atoms with Crippen LogP contribution in [0.15, 0.2) is 29.4 Å². The van der Waals surface area contributed by atoms with Crippen molar-refractivity contribution in [3.8, 4) is 5.75 Å². The molecule has 6 nitrogen and oxygen atoms in total. The normalized spacial score (nSPS) is 12.9. The highest BCUT2D eigenvalue weighted by atomic mass is 32.2.